The zero-order valence-corrected chi connectivity index (χ0v) is 10.7. The molecule has 3 unspecified atom stereocenters. The lowest BCUT2D eigenvalue weighted by Gasteiger charge is -2.30. The summed E-state index contributed by atoms with van der Waals surface area (Å²) < 4.78 is 7.76. The van der Waals surface area contributed by atoms with Crippen LogP contribution in [0.2, 0.25) is 0 Å². The van der Waals surface area contributed by atoms with E-state index >= 15 is 0 Å². The molecule has 0 spiro atoms. The van der Waals surface area contributed by atoms with Crippen molar-refractivity contribution < 1.29 is 9.84 Å². The second kappa shape index (κ2) is 3.80. The highest BCUT2D eigenvalue weighted by Gasteiger charge is 2.52. The van der Waals surface area contributed by atoms with E-state index in [4.69, 9.17) is 10.5 Å². The zero-order valence-electron chi connectivity index (χ0n) is 10.7. The first-order valence-corrected chi connectivity index (χ1v) is 6.63. The molecule has 4 rings (SSSR count). The van der Waals surface area contributed by atoms with Gasteiger partial charge in [-0.3, -0.25) is 14.3 Å². The van der Waals surface area contributed by atoms with E-state index in [2.05, 4.69) is 15.0 Å². The van der Waals surface area contributed by atoms with E-state index in [1.807, 2.05) is 0 Å². The van der Waals surface area contributed by atoms with Crippen LogP contribution in [0.1, 0.15) is 25.5 Å². The van der Waals surface area contributed by atoms with Crippen LogP contribution in [0.4, 0.5) is 5.95 Å². The average molecular weight is 277 g/mol. The van der Waals surface area contributed by atoms with Crippen molar-refractivity contribution in [1.29, 1.82) is 0 Å². The smallest absolute Gasteiger partial charge is 0.280 e. The Hall–Kier alpha value is -1.93. The third-order valence-electron chi connectivity index (χ3n) is 4.39. The van der Waals surface area contributed by atoms with E-state index in [-0.39, 0.29) is 29.9 Å². The molecule has 2 aromatic heterocycles. The highest BCUT2D eigenvalue weighted by Crippen LogP contribution is 2.52. The maximum Gasteiger partial charge on any atom is 0.280 e. The normalized spacial score (nSPS) is 32.2. The summed E-state index contributed by atoms with van der Waals surface area (Å²) in [4.78, 5) is 22.4. The second-order valence-corrected chi connectivity index (χ2v) is 5.63. The average Bonchev–Trinajstić information content (AvgIpc) is 3.09. The molecular weight excluding hydrogens is 262 g/mol. The van der Waals surface area contributed by atoms with Gasteiger partial charge in [-0.05, 0) is 19.3 Å². The molecule has 2 aliphatic rings. The van der Waals surface area contributed by atoms with Crippen LogP contribution < -0.4 is 11.3 Å². The van der Waals surface area contributed by atoms with E-state index < -0.39 is 5.60 Å². The summed E-state index contributed by atoms with van der Waals surface area (Å²) in [5.41, 5.74) is 5.47. The minimum atomic E-state index is -0.446. The molecule has 1 saturated heterocycles. The summed E-state index contributed by atoms with van der Waals surface area (Å²) in [5.74, 6) is 0.367. The van der Waals surface area contributed by atoms with Crippen molar-refractivity contribution in [2.75, 3.05) is 12.3 Å². The Kier molecular flexibility index (Phi) is 2.25. The second-order valence-electron chi connectivity index (χ2n) is 5.63. The molecule has 0 radical (unpaired) electrons. The van der Waals surface area contributed by atoms with Gasteiger partial charge in [-0.15, -0.1) is 0 Å². The van der Waals surface area contributed by atoms with Crippen molar-refractivity contribution in [1.82, 2.24) is 19.5 Å². The Morgan fingerprint density at radius 2 is 2.50 bits per heavy atom. The largest absolute Gasteiger partial charge is 0.393 e. The number of imidazole rings is 1. The standard InChI is InChI=1S/C12H15N5O3/c13-11-15-8-7(9(19)16-11)14-5-17(8)10-6-1-2-12(3-6,4-18)20-10/h5-6,10,18H,1-4H2,(H3,13,15,16,19). The van der Waals surface area contributed by atoms with Crippen LogP contribution in [-0.4, -0.2) is 36.8 Å². The Bertz CT molecular complexity index is 738. The molecule has 20 heavy (non-hydrogen) atoms. The molecule has 106 valence electrons. The minimum absolute atomic E-state index is 0.0166. The van der Waals surface area contributed by atoms with Gasteiger partial charge >= 0.3 is 0 Å². The number of nitrogens with one attached hydrogen (secondary N) is 1. The molecule has 3 heterocycles. The van der Waals surface area contributed by atoms with Crippen LogP contribution >= 0.6 is 0 Å². The predicted octanol–water partition coefficient (Wildman–Crippen LogP) is -0.238. The number of rotatable bonds is 2. The zero-order chi connectivity index (χ0) is 13.9. The van der Waals surface area contributed by atoms with Gasteiger partial charge in [0.15, 0.2) is 11.2 Å². The van der Waals surface area contributed by atoms with Crippen molar-refractivity contribution in [3.8, 4) is 0 Å². The van der Waals surface area contributed by atoms with Gasteiger partial charge in [0, 0.05) is 5.92 Å². The molecule has 0 aromatic carbocycles. The molecule has 8 nitrogen and oxygen atoms in total. The summed E-state index contributed by atoms with van der Waals surface area (Å²) in [7, 11) is 0. The first-order chi connectivity index (χ1) is 9.62. The summed E-state index contributed by atoms with van der Waals surface area (Å²) in [5, 5.41) is 9.52. The van der Waals surface area contributed by atoms with Gasteiger partial charge < -0.3 is 15.6 Å². The summed E-state index contributed by atoms with van der Waals surface area (Å²) in [6.45, 7) is 0.0166. The highest BCUT2D eigenvalue weighted by atomic mass is 16.5. The molecule has 2 fully saturated rings. The van der Waals surface area contributed by atoms with Crippen molar-refractivity contribution >= 4 is 17.1 Å². The fourth-order valence-corrected chi connectivity index (χ4v) is 3.43. The lowest BCUT2D eigenvalue weighted by atomic mass is 10.0. The molecule has 0 amide bonds. The number of anilines is 1. The number of hydrogen-bond acceptors (Lipinski definition) is 6. The molecule has 2 bridgehead atoms. The lowest BCUT2D eigenvalue weighted by molar-refractivity contribution is -0.123. The molecule has 1 aliphatic heterocycles. The van der Waals surface area contributed by atoms with E-state index in [0.717, 1.165) is 19.3 Å². The number of aromatic nitrogens is 4. The summed E-state index contributed by atoms with van der Waals surface area (Å²) >= 11 is 0. The molecular formula is C12H15N5O3. The highest BCUT2D eigenvalue weighted by molar-refractivity contribution is 5.70. The van der Waals surface area contributed by atoms with Gasteiger partial charge in [0.1, 0.15) is 6.23 Å². The van der Waals surface area contributed by atoms with Gasteiger partial charge in [-0.25, -0.2) is 4.98 Å². The summed E-state index contributed by atoms with van der Waals surface area (Å²) in [6, 6.07) is 0. The third-order valence-corrected chi connectivity index (χ3v) is 4.39. The van der Waals surface area contributed by atoms with Crippen LogP contribution in [0.5, 0.6) is 0 Å². The van der Waals surface area contributed by atoms with Crippen molar-refractivity contribution in [3.05, 3.63) is 16.7 Å². The van der Waals surface area contributed by atoms with Gasteiger partial charge in [-0.1, -0.05) is 0 Å². The number of aromatic amines is 1. The van der Waals surface area contributed by atoms with Gasteiger partial charge in [-0.2, -0.15) is 4.98 Å². The van der Waals surface area contributed by atoms with Crippen molar-refractivity contribution in [2.45, 2.75) is 31.1 Å². The van der Waals surface area contributed by atoms with Crippen LogP contribution in [0.3, 0.4) is 0 Å². The number of nitrogen functional groups attached to an aromatic ring is 1. The Labute approximate surface area is 113 Å². The number of nitrogens with two attached hydrogens (primary N) is 1. The number of H-pyrrole nitrogens is 1. The number of aliphatic hydroxyl groups is 1. The van der Waals surface area contributed by atoms with Gasteiger partial charge in [0.2, 0.25) is 5.95 Å². The van der Waals surface area contributed by atoms with Crippen molar-refractivity contribution in [3.63, 3.8) is 0 Å². The fraction of sp³-hybridized carbons (Fsp3) is 0.583. The number of nitrogens with zero attached hydrogens (tertiary/aromatic N) is 3. The van der Waals surface area contributed by atoms with Crippen LogP contribution in [0.25, 0.3) is 11.2 Å². The maximum absolute atomic E-state index is 11.8. The number of aliphatic hydroxyl groups excluding tert-OH is 1. The Balaban J connectivity index is 1.83. The van der Waals surface area contributed by atoms with E-state index in [1.54, 1.807) is 10.9 Å². The first-order valence-electron chi connectivity index (χ1n) is 6.63. The molecule has 3 atom stereocenters. The topological polar surface area (TPSA) is 119 Å². The first kappa shape index (κ1) is 11.9. The fourth-order valence-electron chi connectivity index (χ4n) is 3.43. The van der Waals surface area contributed by atoms with Gasteiger partial charge in [0.05, 0.1) is 18.5 Å². The number of hydrogen-bond donors (Lipinski definition) is 3. The molecule has 1 aliphatic carbocycles. The Morgan fingerprint density at radius 3 is 3.25 bits per heavy atom. The van der Waals surface area contributed by atoms with E-state index in [0.29, 0.717) is 11.6 Å². The third kappa shape index (κ3) is 1.46. The van der Waals surface area contributed by atoms with Gasteiger partial charge in [0.25, 0.3) is 5.56 Å². The van der Waals surface area contributed by atoms with Crippen molar-refractivity contribution in [2.24, 2.45) is 5.92 Å². The van der Waals surface area contributed by atoms with E-state index in [1.165, 1.54) is 0 Å². The molecule has 8 heteroatoms. The molecule has 4 N–H and O–H groups in total. The maximum atomic E-state index is 11.8. The minimum Gasteiger partial charge on any atom is -0.393 e. The molecule has 1 saturated carbocycles. The molecule has 2 aromatic rings. The Morgan fingerprint density at radius 1 is 1.65 bits per heavy atom. The van der Waals surface area contributed by atoms with Crippen LogP contribution in [0, 0.1) is 5.92 Å². The number of ether oxygens (including phenoxy) is 1. The number of fused-ring (bicyclic) bond motifs is 3. The van der Waals surface area contributed by atoms with E-state index in [9.17, 15) is 9.90 Å². The SMILES string of the molecule is Nc1nc2c(ncn2C2OC3(CO)CCC2C3)c(=O)[nH]1. The quantitative estimate of drug-likeness (QED) is 0.697. The monoisotopic (exact) mass is 277 g/mol. The van der Waals surface area contributed by atoms with Crippen LogP contribution in [-0.2, 0) is 4.74 Å². The lowest BCUT2D eigenvalue weighted by Crippen LogP contribution is -2.33. The van der Waals surface area contributed by atoms with Crippen LogP contribution in [0.15, 0.2) is 11.1 Å². The summed E-state index contributed by atoms with van der Waals surface area (Å²) in [6.07, 6.45) is 4.00. The predicted molar refractivity (Wildman–Crippen MR) is 69.8 cm³/mol.